The van der Waals surface area contributed by atoms with Gasteiger partial charge in [-0.3, -0.25) is 0 Å². The van der Waals surface area contributed by atoms with E-state index in [-0.39, 0.29) is 0 Å². The maximum Gasteiger partial charge on any atom is 0.224 e. The number of anilines is 1. The van der Waals surface area contributed by atoms with E-state index in [9.17, 15) is 0 Å². The fraction of sp³-hybridized carbons (Fsp3) is 0.286. The van der Waals surface area contributed by atoms with Crippen molar-refractivity contribution in [3.63, 3.8) is 0 Å². The molecule has 0 fully saturated rings. The predicted octanol–water partition coefficient (Wildman–Crippen LogP) is 2.28. The van der Waals surface area contributed by atoms with Crippen molar-refractivity contribution in [3.8, 4) is 5.82 Å². The van der Waals surface area contributed by atoms with Gasteiger partial charge in [0.05, 0.1) is 5.52 Å². The standard InChI is InChI=1S/C14H16N6/c1-10(2)9-16-14-15-8-7-13(17-14)20-12-6-4-3-5-11(12)18-19-20/h3-8,10H,9H2,1-2H3,(H,15,16,17). The van der Waals surface area contributed by atoms with Crippen LogP contribution >= 0.6 is 0 Å². The lowest BCUT2D eigenvalue weighted by Crippen LogP contribution is -2.11. The second kappa shape index (κ2) is 5.24. The van der Waals surface area contributed by atoms with Crippen LogP contribution in [0.4, 0.5) is 5.95 Å². The Morgan fingerprint density at radius 3 is 2.90 bits per heavy atom. The highest BCUT2D eigenvalue weighted by Crippen LogP contribution is 2.14. The van der Waals surface area contributed by atoms with Gasteiger partial charge in [0.25, 0.3) is 0 Å². The van der Waals surface area contributed by atoms with E-state index in [0.29, 0.717) is 17.7 Å². The van der Waals surface area contributed by atoms with E-state index in [4.69, 9.17) is 0 Å². The summed E-state index contributed by atoms with van der Waals surface area (Å²) in [7, 11) is 0. The molecule has 0 aliphatic heterocycles. The zero-order valence-corrected chi connectivity index (χ0v) is 11.5. The van der Waals surface area contributed by atoms with Crippen molar-refractivity contribution in [3.05, 3.63) is 36.5 Å². The SMILES string of the molecule is CC(C)CNc1nccc(-n2nnc3ccccc32)n1. The van der Waals surface area contributed by atoms with Gasteiger partial charge in [-0.2, -0.15) is 9.67 Å². The third-order valence-electron chi connectivity index (χ3n) is 2.88. The van der Waals surface area contributed by atoms with Gasteiger partial charge in [-0.25, -0.2) is 4.98 Å². The van der Waals surface area contributed by atoms with Crippen LogP contribution in [0.25, 0.3) is 16.9 Å². The molecule has 0 atom stereocenters. The molecule has 0 amide bonds. The van der Waals surface area contributed by atoms with Crippen LogP contribution in [0.2, 0.25) is 0 Å². The molecular formula is C14H16N6. The Hall–Kier alpha value is -2.50. The van der Waals surface area contributed by atoms with E-state index in [1.807, 2.05) is 30.3 Å². The third kappa shape index (κ3) is 2.45. The maximum atomic E-state index is 4.48. The number of hydrogen-bond acceptors (Lipinski definition) is 5. The minimum absolute atomic E-state index is 0.537. The number of hydrogen-bond donors (Lipinski definition) is 1. The molecule has 3 rings (SSSR count). The van der Waals surface area contributed by atoms with E-state index in [2.05, 4.69) is 39.4 Å². The molecule has 0 aliphatic carbocycles. The molecule has 1 aromatic carbocycles. The number of rotatable bonds is 4. The molecule has 0 unspecified atom stereocenters. The van der Waals surface area contributed by atoms with Crippen molar-refractivity contribution in [1.82, 2.24) is 25.0 Å². The highest BCUT2D eigenvalue weighted by Gasteiger charge is 2.08. The zero-order chi connectivity index (χ0) is 13.9. The lowest BCUT2D eigenvalue weighted by Gasteiger charge is -2.08. The molecule has 102 valence electrons. The number of aromatic nitrogens is 5. The number of nitrogens with one attached hydrogen (secondary N) is 1. The Labute approximate surface area is 116 Å². The normalized spacial score (nSPS) is 11.2. The van der Waals surface area contributed by atoms with Gasteiger partial charge in [0, 0.05) is 18.8 Å². The van der Waals surface area contributed by atoms with Gasteiger partial charge in [0.15, 0.2) is 5.82 Å². The second-order valence-electron chi connectivity index (χ2n) is 5.00. The molecule has 0 aliphatic rings. The molecule has 6 heteroatoms. The number of nitrogens with zero attached hydrogens (tertiary/aromatic N) is 5. The van der Waals surface area contributed by atoms with E-state index >= 15 is 0 Å². The summed E-state index contributed by atoms with van der Waals surface area (Å²) in [6.07, 6.45) is 1.72. The molecule has 2 heterocycles. The van der Waals surface area contributed by atoms with Crippen LogP contribution in [0, 0.1) is 5.92 Å². The Bertz CT molecular complexity index is 718. The highest BCUT2D eigenvalue weighted by atomic mass is 15.4. The molecule has 2 aromatic heterocycles. The van der Waals surface area contributed by atoms with Crippen molar-refractivity contribution in [1.29, 1.82) is 0 Å². The first-order chi connectivity index (χ1) is 9.74. The van der Waals surface area contributed by atoms with E-state index < -0.39 is 0 Å². The molecule has 0 spiro atoms. The first-order valence-corrected chi connectivity index (χ1v) is 6.62. The fourth-order valence-electron chi connectivity index (χ4n) is 1.89. The summed E-state index contributed by atoms with van der Waals surface area (Å²) < 4.78 is 1.72. The van der Waals surface area contributed by atoms with E-state index in [0.717, 1.165) is 17.6 Å². The molecule has 0 radical (unpaired) electrons. The summed E-state index contributed by atoms with van der Waals surface area (Å²) in [5.74, 6) is 1.85. The lowest BCUT2D eigenvalue weighted by molar-refractivity contribution is 0.683. The first-order valence-electron chi connectivity index (χ1n) is 6.62. The van der Waals surface area contributed by atoms with Gasteiger partial charge < -0.3 is 5.32 Å². The minimum Gasteiger partial charge on any atom is -0.354 e. The molecule has 20 heavy (non-hydrogen) atoms. The Morgan fingerprint density at radius 1 is 1.20 bits per heavy atom. The smallest absolute Gasteiger partial charge is 0.224 e. The second-order valence-corrected chi connectivity index (χ2v) is 5.00. The number of benzene rings is 1. The summed E-state index contributed by atoms with van der Waals surface area (Å²) in [6, 6.07) is 9.62. The summed E-state index contributed by atoms with van der Waals surface area (Å²) in [4.78, 5) is 8.69. The molecule has 3 aromatic rings. The van der Waals surface area contributed by atoms with Gasteiger partial charge in [-0.05, 0) is 18.1 Å². The highest BCUT2D eigenvalue weighted by molar-refractivity contribution is 5.75. The summed E-state index contributed by atoms with van der Waals surface area (Å²) >= 11 is 0. The maximum absolute atomic E-state index is 4.48. The summed E-state index contributed by atoms with van der Waals surface area (Å²) in [5, 5.41) is 11.5. The van der Waals surface area contributed by atoms with Gasteiger partial charge in [-0.15, -0.1) is 5.10 Å². The Morgan fingerprint density at radius 2 is 2.05 bits per heavy atom. The van der Waals surface area contributed by atoms with Crippen LogP contribution in [0.15, 0.2) is 36.5 Å². The van der Waals surface area contributed by atoms with E-state index in [1.165, 1.54) is 0 Å². The summed E-state index contributed by atoms with van der Waals surface area (Å²) in [5.41, 5.74) is 1.78. The quantitative estimate of drug-likeness (QED) is 0.786. The van der Waals surface area contributed by atoms with Crippen LogP contribution < -0.4 is 5.32 Å². The molecule has 0 saturated carbocycles. The summed E-state index contributed by atoms with van der Waals surface area (Å²) in [6.45, 7) is 5.12. The molecule has 0 bridgehead atoms. The van der Waals surface area contributed by atoms with E-state index in [1.54, 1.807) is 10.9 Å². The van der Waals surface area contributed by atoms with Crippen LogP contribution in [-0.4, -0.2) is 31.5 Å². The van der Waals surface area contributed by atoms with Gasteiger partial charge in [-0.1, -0.05) is 31.2 Å². The number of para-hydroxylation sites is 1. The predicted molar refractivity (Wildman–Crippen MR) is 77.8 cm³/mol. The Kier molecular flexibility index (Phi) is 3.28. The third-order valence-corrected chi connectivity index (χ3v) is 2.88. The Balaban J connectivity index is 1.95. The van der Waals surface area contributed by atoms with Crippen molar-refractivity contribution >= 4 is 17.0 Å². The van der Waals surface area contributed by atoms with Crippen LogP contribution in [-0.2, 0) is 0 Å². The van der Waals surface area contributed by atoms with Crippen LogP contribution in [0.1, 0.15) is 13.8 Å². The average Bonchev–Trinajstić information content (AvgIpc) is 2.89. The fourth-order valence-corrected chi connectivity index (χ4v) is 1.89. The van der Waals surface area contributed by atoms with Crippen molar-refractivity contribution in [2.75, 3.05) is 11.9 Å². The first kappa shape index (κ1) is 12.5. The van der Waals surface area contributed by atoms with Gasteiger partial charge >= 0.3 is 0 Å². The van der Waals surface area contributed by atoms with Crippen LogP contribution in [0.3, 0.4) is 0 Å². The largest absolute Gasteiger partial charge is 0.354 e. The van der Waals surface area contributed by atoms with Gasteiger partial charge in [0.2, 0.25) is 5.95 Å². The molecule has 1 N–H and O–H groups in total. The molecule has 0 saturated heterocycles. The van der Waals surface area contributed by atoms with Crippen molar-refractivity contribution in [2.45, 2.75) is 13.8 Å². The lowest BCUT2D eigenvalue weighted by atomic mass is 10.2. The topological polar surface area (TPSA) is 68.5 Å². The molecule has 6 nitrogen and oxygen atoms in total. The van der Waals surface area contributed by atoms with Crippen molar-refractivity contribution in [2.24, 2.45) is 5.92 Å². The van der Waals surface area contributed by atoms with Gasteiger partial charge in [0.1, 0.15) is 5.52 Å². The molecular weight excluding hydrogens is 252 g/mol. The monoisotopic (exact) mass is 268 g/mol. The van der Waals surface area contributed by atoms with Crippen molar-refractivity contribution < 1.29 is 0 Å². The average molecular weight is 268 g/mol. The zero-order valence-electron chi connectivity index (χ0n) is 11.5. The number of fused-ring (bicyclic) bond motifs is 1. The van der Waals surface area contributed by atoms with Crippen LogP contribution in [0.5, 0.6) is 0 Å². The minimum atomic E-state index is 0.537.